The number of thiocarbonyl (C=S) groups is 1. The average molecular weight is 223 g/mol. The highest BCUT2D eigenvalue weighted by Gasteiger charge is 2.08. The molecule has 0 amide bonds. The Kier molecular flexibility index (Phi) is 8.61. The van der Waals surface area contributed by atoms with Gasteiger partial charge < -0.3 is 4.74 Å². The van der Waals surface area contributed by atoms with Crippen LogP contribution in [0.15, 0.2) is 4.99 Å². The van der Waals surface area contributed by atoms with Crippen molar-refractivity contribution < 1.29 is 4.74 Å². The summed E-state index contributed by atoms with van der Waals surface area (Å²) in [6.07, 6.45) is 1.07. The average Bonchev–Trinajstić information content (AvgIpc) is 2.14. The lowest BCUT2D eigenvalue weighted by Gasteiger charge is -2.25. The molecule has 3 nitrogen and oxygen atoms in total. The molecule has 0 spiro atoms. The number of nitrogens with zero attached hydrogens (tertiary/aromatic N) is 2. The van der Waals surface area contributed by atoms with Gasteiger partial charge in [-0.2, -0.15) is 0 Å². The quantitative estimate of drug-likeness (QED) is 0.407. The second kappa shape index (κ2) is 8.60. The Bertz CT molecular complexity index is 168. The van der Waals surface area contributed by atoms with Gasteiger partial charge in [0.05, 0.1) is 24.9 Å². The van der Waals surface area contributed by atoms with E-state index in [1.807, 2.05) is 0 Å². The Morgan fingerprint density at radius 2 is 2.08 bits per heavy atom. The zero-order chi connectivity index (χ0) is 8.65. The van der Waals surface area contributed by atoms with Crippen molar-refractivity contribution >= 4 is 29.8 Å². The first kappa shape index (κ1) is 13.0. The van der Waals surface area contributed by atoms with Crippen molar-refractivity contribution in [2.24, 2.45) is 4.99 Å². The molecule has 1 saturated heterocycles. The topological polar surface area (TPSA) is 24.8 Å². The van der Waals surface area contributed by atoms with Crippen LogP contribution in [0.25, 0.3) is 0 Å². The minimum absolute atomic E-state index is 0. The summed E-state index contributed by atoms with van der Waals surface area (Å²) in [6.45, 7) is 5.76. The summed E-state index contributed by atoms with van der Waals surface area (Å²) in [5.41, 5.74) is 0. The van der Waals surface area contributed by atoms with E-state index >= 15 is 0 Å². The molecule has 1 heterocycles. The Morgan fingerprint density at radius 1 is 1.38 bits per heavy atom. The van der Waals surface area contributed by atoms with Gasteiger partial charge in [-0.1, -0.05) is 0 Å². The molecule has 0 bridgehead atoms. The molecular formula is C8H15ClN2OS. The monoisotopic (exact) mass is 222 g/mol. The molecule has 0 aromatic rings. The molecule has 0 aromatic heterocycles. The van der Waals surface area contributed by atoms with Crippen LogP contribution in [0.3, 0.4) is 0 Å². The zero-order valence-electron chi connectivity index (χ0n) is 7.57. The SMILES string of the molecule is Cl.S=C=NCCCN1CCOCC1. The molecule has 0 N–H and O–H groups in total. The second-order valence-corrected chi connectivity index (χ2v) is 2.96. The fourth-order valence-corrected chi connectivity index (χ4v) is 1.34. The van der Waals surface area contributed by atoms with Crippen LogP contribution in [0, 0.1) is 0 Å². The van der Waals surface area contributed by atoms with Gasteiger partial charge in [0.1, 0.15) is 0 Å². The molecule has 1 aliphatic rings. The molecule has 0 aromatic carbocycles. The summed E-state index contributed by atoms with van der Waals surface area (Å²) in [6, 6.07) is 0. The number of aliphatic imine (C=N–C) groups is 1. The summed E-state index contributed by atoms with van der Waals surface area (Å²) >= 11 is 4.47. The van der Waals surface area contributed by atoms with E-state index in [1.165, 1.54) is 0 Å². The van der Waals surface area contributed by atoms with Gasteiger partial charge in [-0.15, -0.1) is 12.4 Å². The van der Waals surface area contributed by atoms with Crippen LogP contribution >= 0.6 is 24.6 Å². The minimum atomic E-state index is 0. The molecular weight excluding hydrogens is 208 g/mol. The number of hydrogen-bond acceptors (Lipinski definition) is 4. The number of rotatable bonds is 4. The third-order valence-corrected chi connectivity index (χ3v) is 2.04. The summed E-state index contributed by atoms with van der Waals surface area (Å²) < 4.78 is 5.23. The van der Waals surface area contributed by atoms with Gasteiger partial charge in [0.25, 0.3) is 0 Å². The maximum Gasteiger partial charge on any atom is 0.0594 e. The van der Waals surface area contributed by atoms with Crippen molar-refractivity contribution in [1.82, 2.24) is 4.90 Å². The van der Waals surface area contributed by atoms with E-state index in [-0.39, 0.29) is 12.4 Å². The highest BCUT2D eigenvalue weighted by Crippen LogP contribution is 1.97. The summed E-state index contributed by atoms with van der Waals surface area (Å²) in [5, 5.41) is 2.37. The van der Waals surface area contributed by atoms with Gasteiger partial charge >= 0.3 is 0 Å². The van der Waals surface area contributed by atoms with Crippen LogP contribution in [-0.2, 0) is 4.74 Å². The predicted molar refractivity (Wildman–Crippen MR) is 59.0 cm³/mol. The van der Waals surface area contributed by atoms with E-state index in [0.717, 1.165) is 45.8 Å². The Balaban J connectivity index is 0.00000144. The second-order valence-electron chi connectivity index (χ2n) is 2.78. The molecule has 5 heteroatoms. The maximum atomic E-state index is 5.23. The lowest BCUT2D eigenvalue weighted by atomic mass is 10.3. The van der Waals surface area contributed by atoms with Gasteiger partial charge in [-0.05, 0) is 18.6 Å². The molecule has 0 radical (unpaired) electrons. The summed E-state index contributed by atoms with van der Waals surface area (Å²) in [4.78, 5) is 6.25. The first-order valence-corrected chi connectivity index (χ1v) is 4.68. The largest absolute Gasteiger partial charge is 0.379 e. The summed E-state index contributed by atoms with van der Waals surface area (Å²) in [7, 11) is 0. The van der Waals surface area contributed by atoms with E-state index in [4.69, 9.17) is 4.74 Å². The van der Waals surface area contributed by atoms with E-state index in [9.17, 15) is 0 Å². The van der Waals surface area contributed by atoms with Gasteiger partial charge in [-0.25, -0.2) is 4.99 Å². The van der Waals surface area contributed by atoms with Gasteiger partial charge in [0.2, 0.25) is 0 Å². The molecule has 13 heavy (non-hydrogen) atoms. The predicted octanol–water partition coefficient (Wildman–Crippen LogP) is 1.23. The molecule has 1 fully saturated rings. The number of morpholine rings is 1. The number of ether oxygens (including phenoxy) is 1. The normalized spacial score (nSPS) is 17.2. The lowest BCUT2D eigenvalue weighted by molar-refractivity contribution is 0.0377. The van der Waals surface area contributed by atoms with Crippen LogP contribution < -0.4 is 0 Å². The minimum Gasteiger partial charge on any atom is -0.379 e. The smallest absolute Gasteiger partial charge is 0.0594 e. The third kappa shape index (κ3) is 6.13. The molecule has 0 aliphatic carbocycles. The van der Waals surface area contributed by atoms with Crippen molar-refractivity contribution in [2.75, 3.05) is 39.4 Å². The summed E-state index contributed by atoms with van der Waals surface area (Å²) in [5.74, 6) is 0. The molecule has 76 valence electrons. The van der Waals surface area contributed by atoms with Crippen LogP contribution in [0.4, 0.5) is 0 Å². The fourth-order valence-electron chi connectivity index (χ4n) is 1.24. The zero-order valence-corrected chi connectivity index (χ0v) is 9.20. The van der Waals surface area contributed by atoms with E-state index in [1.54, 1.807) is 0 Å². The molecule has 0 saturated carbocycles. The lowest BCUT2D eigenvalue weighted by Crippen LogP contribution is -2.37. The number of isothiocyanates is 1. The van der Waals surface area contributed by atoms with Crippen molar-refractivity contribution in [2.45, 2.75) is 6.42 Å². The Labute approximate surface area is 90.6 Å². The Morgan fingerprint density at radius 3 is 2.69 bits per heavy atom. The van der Waals surface area contributed by atoms with E-state index < -0.39 is 0 Å². The third-order valence-electron chi connectivity index (χ3n) is 1.91. The maximum absolute atomic E-state index is 5.23. The van der Waals surface area contributed by atoms with Crippen molar-refractivity contribution in [3.05, 3.63) is 0 Å². The molecule has 1 rings (SSSR count). The van der Waals surface area contributed by atoms with Gasteiger partial charge in [0, 0.05) is 19.6 Å². The van der Waals surface area contributed by atoms with E-state index in [2.05, 4.69) is 27.3 Å². The van der Waals surface area contributed by atoms with Gasteiger partial charge in [-0.3, -0.25) is 4.90 Å². The van der Waals surface area contributed by atoms with Crippen molar-refractivity contribution in [1.29, 1.82) is 0 Å². The van der Waals surface area contributed by atoms with Crippen LogP contribution in [-0.4, -0.2) is 49.5 Å². The van der Waals surface area contributed by atoms with Crippen molar-refractivity contribution in [3.8, 4) is 0 Å². The number of halogens is 1. The van der Waals surface area contributed by atoms with Crippen molar-refractivity contribution in [3.63, 3.8) is 0 Å². The molecule has 0 unspecified atom stereocenters. The van der Waals surface area contributed by atoms with Crippen LogP contribution in [0.2, 0.25) is 0 Å². The van der Waals surface area contributed by atoms with Crippen LogP contribution in [0.1, 0.15) is 6.42 Å². The molecule has 0 atom stereocenters. The standard InChI is InChI=1S/C8H14N2OS.ClH/c12-8-9-2-1-3-10-4-6-11-7-5-10;/h1-7H2;1H. The van der Waals surface area contributed by atoms with Crippen LogP contribution in [0.5, 0.6) is 0 Å². The molecule has 1 aliphatic heterocycles. The van der Waals surface area contributed by atoms with Gasteiger partial charge in [0.15, 0.2) is 0 Å². The number of hydrogen-bond donors (Lipinski definition) is 0. The first-order valence-electron chi connectivity index (χ1n) is 4.27. The fraction of sp³-hybridized carbons (Fsp3) is 0.875. The highest BCUT2D eigenvalue weighted by atomic mass is 35.5. The first-order chi connectivity index (χ1) is 5.93. The highest BCUT2D eigenvalue weighted by molar-refractivity contribution is 7.78. The van der Waals surface area contributed by atoms with E-state index in [0.29, 0.717) is 0 Å². The Hall–Kier alpha value is 0.0100.